The number of benzene rings is 1. The molecule has 1 unspecified atom stereocenters. The summed E-state index contributed by atoms with van der Waals surface area (Å²) in [5, 5.41) is 3.23. The van der Waals surface area contributed by atoms with Gasteiger partial charge in [0.05, 0.1) is 7.05 Å². The van der Waals surface area contributed by atoms with Gasteiger partial charge in [-0.25, -0.2) is 0 Å². The molecule has 0 bridgehead atoms. The summed E-state index contributed by atoms with van der Waals surface area (Å²) in [6, 6.07) is 8.41. The zero-order chi connectivity index (χ0) is 17.4. The van der Waals surface area contributed by atoms with Crippen LogP contribution in [0.4, 0.5) is 0 Å². The van der Waals surface area contributed by atoms with Crippen LogP contribution in [0.3, 0.4) is 0 Å². The fourth-order valence-corrected chi connectivity index (χ4v) is 3.33. The predicted molar refractivity (Wildman–Crippen MR) is 97.2 cm³/mol. The highest BCUT2D eigenvalue weighted by Crippen LogP contribution is 2.23. The lowest BCUT2D eigenvalue weighted by Gasteiger charge is -2.29. The smallest absolute Gasteiger partial charge is 0.275 e. The molecule has 0 radical (unpaired) electrons. The van der Waals surface area contributed by atoms with E-state index in [0.717, 1.165) is 18.7 Å². The van der Waals surface area contributed by atoms with Crippen LogP contribution in [0.25, 0.3) is 0 Å². The molecule has 1 aliphatic carbocycles. The van der Waals surface area contributed by atoms with Gasteiger partial charge in [-0.1, -0.05) is 32.4 Å². The number of quaternary nitrogens is 1. The molecule has 0 saturated heterocycles. The van der Waals surface area contributed by atoms with Crippen LogP contribution in [0.1, 0.15) is 38.2 Å². The van der Waals surface area contributed by atoms with Gasteiger partial charge in [-0.05, 0) is 43.0 Å². The van der Waals surface area contributed by atoms with Crippen LogP contribution in [-0.2, 0) is 11.3 Å². The summed E-state index contributed by atoms with van der Waals surface area (Å²) in [7, 11) is 2.06. The van der Waals surface area contributed by atoms with E-state index in [0.29, 0.717) is 25.1 Å². The summed E-state index contributed by atoms with van der Waals surface area (Å²) >= 11 is 0. The Labute approximate surface area is 145 Å². The van der Waals surface area contributed by atoms with Gasteiger partial charge in [0.25, 0.3) is 5.91 Å². The number of carbonyl (C=O) groups is 1. The van der Waals surface area contributed by atoms with Crippen molar-refractivity contribution < 1.29 is 14.4 Å². The Kier molecular flexibility index (Phi) is 7.32. The molecule has 0 heterocycles. The molecule has 3 atom stereocenters. The minimum atomic E-state index is 0.164. The maximum Gasteiger partial charge on any atom is 0.275 e. The zero-order valence-electron chi connectivity index (χ0n) is 15.0. The van der Waals surface area contributed by atoms with Crippen molar-refractivity contribution >= 4 is 5.91 Å². The first-order valence-electron chi connectivity index (χ1n) is 9.01. The molecule has 4 nitrogen and oxygen atoms in total. The largest absolute Gasteiger partial charge is 0.490 e. The average Bonchev–Trinajstić information content (AvgIpc) is 2.56. The lowest BCUT2D eigenvalue weighted by atomic mass is 9.86. The third-order valence-electron chi connectivity index (χ3n) is 4.72. The summed E-state index contributed by atoms with van der Waals surface area (Å²) in [6.07, 6.45) is 6.62. The van der Waals surface area contributed by atoms with Crippen molar-refractivity contribution in [3.63, 3.8) is 0 Å². The first-order chi connectivity index (χ1) is 11.6. The van der Waals surface area contributed by atoms with Crippen molar-refractivity contribution in [2.45, 2.75) is 45.2 Å². The van der Waals surface area contributed by atoms with E-state index in [1.807, 2.05) is 12.1 Å². The van der Waals surface area contributed by atoms with Gasteiger partial charge in [0.15, 0.2) is 6.54 Å². The molecule has 0 aliphatic heterocycles. The Morgan fingerprint density at radius 2 is 2.04 bits per heavy atom. The second-order valence-corrected chi connectivity index (χ2v) is 6.99. The number of hydrogen-bond donors (Lipinski definition) is 2. The van der Waals surface area contributed by atoms with Gasteiger partial charge in [0, 0.05) is 11.6 Å². The van der Waals surface area contributed by atoms with Gasteiger partial charge < -0.3 is 15.0 Å². The highest BCUT2D eigenvalue weighted by molar-refractivity contribution is 5.77. The molecule has 1 fully saturated rings. The molecule has 0 aromatic heterocycles. The number of ether oxygens (including phenoxy) is 1. The number of likely N-dealkylation sites (N-methyl/N-ethyl adjacent to an activating group) is 1. The Hall–Kier alpha value is -1.81. The molecule has 1 saturated carbocycles. The second-order valence-electron chi connectivity index (χ2n) is 6.99. The van der Waals surface area contributed by atoms with Crippen LogP contribution in [0, 0.1) is 5.92 Å². The van der Waals surface area contributed by atoms with E-state index in [4.69, 9.17) is 4.74 Å². The van der Waals surface area contributed by atoms with Gasteiger partial charge in [-0.15, -0.1) is 0 Å². The van der Waals surface area contributed by atoms with Gasteiger partial charge in [0.1, 0.15) is 18.9 Å². The molecule has 2 N–H and O–H groups in total. The minimum absolute atomic E-state index is 0.164. The van der Waals surface area contributed by atoms with Crippen molar-refractivity contribution in [3.05, 3.63) is 42.5 Å². The van der Waals surface area contributed by atoms with E-state index in [1.54, 1.807) is 6.08 Å². The monoisotopic (exact) mass is 331 g/mol. The second kappa shape index (κ2) is 9.48. The lowest BCUT2D eigenvalue weighted by molar-refractivity contribution is -0.885. The molecule has 0 spiro atoms. The molecule has 2 rings (SSSR count). The molecule has 24 heavy (non-hydrogen) atoms. The quantitative estimate of drug-likeness (QED) is 0.715. The number of hydrogen-bond acceptors (Lipinski definition) is 2. The maximum atomic E-state index is 12.3. The number of amides is 1. The summed E-state index contributed by atoms with van der Waals surface area (Å²) in [5.41, 5.74) is 1.21. The van der Waals surface area contributed by atoms with E-state index >= 15 is 0 Å². The van der Waals surface area contributed by atoms with Crippen molar-refractivity contribution in [2.75, 3.05) is 20.2 Å². The Bertz CT molecular complexity index is 527. The van der Waals surface area contributed by atoms with Gasteiger partial charge in [-0.2, -0.15) is 0 Å². The van der Waals surface area contributed by atoms with E-state index in [9.17, 15) is 4.79 Å². The average molecular weight is 331 g/mol. The highest BCUT2D eigenvalue weighted by Gasteiger charge is 2.23. The normalized spacial score (nSPS) is 21.8. The van der Waals surface area contributed by atoms with Crippen LogP contribution < -0.4 is 15.0 Å². The van der Waals surface area contributed by atoms with Crippen molar-refractivity contribution in [2.24, 2.45) is 5.92 Å². The van der Waals surface area contributed by atoms with Crippen LogP contribution in [0.2, 0.25) is 0 Å². The first-order valence-corrected chi connectivity index (χ1v) is 9.01. The Morgan fingerprint density at radius 3 is 2.71 bits per heavy atom. The molecule has 132 valence electrons. The van der Waals surface area contributed by atoms with E-state index in [2.05, 4.69) is 38.0 Å². The summed E-state index contributed by atoms with van der Waals surface area (Å²) < 4.78 is 5.49. The van der Waals surface area contributed by atoms with Gasteiger partial charge >= 0.3 is 0 Å². The Balaban J connectivity index is 1.76. The fraction of sp³-hybridized carbons (Fsp3) is 0.550. The number of nitrogens with one attached hydrogen (secondary N) is 2. The van der Waals surface area contributed by atoms with Crippen molar-refractivity contribution in [3.8, 4) is 5.75 Å². The fourth-order valence-electron chi connectivity index (χ4n) is 3.33. The van der Waals surface area contributed by atoms with Crippen LogP contribution in [0.15, 0.2) is 36.9 Å². The third kappa shape index (κ3) is 6.00. The lowest BCUT2D eigenvalue weighted by Crippen LogP contribution is -3.09. The maximum absolute atomic E-state index is 12.3. The Morgan fingerprint density at radius 1 is 1.33 bits per heavy atom. The van der Waals surface area contributed by atoms with E-state index in [1.165, 1.54) is 29.7 Å². The molecular formula is C20H31N2O2+. The summed E-state index contributed by atoms with van der Waals surface area (Å²) in [6.45, 7) is 7.75. The van der Waals surface area contributed by atoms with Crippen LogP contribution in [-0.4, -0.2) is 32.1 Å². The first kappa shape index (κ1) is 18.5. The minimum Gasteiger partial charge on any atom is -0.490 e. The predicted octanol–water partition coefficient (Wildman–Crippen LogP) is 1.96. The van der Waals surface area contributed by atoms with E-state index in [-0.39, 0.29) is 5.91 Å². The van der Waals surface area contributed by atoms with Crippen LogP contribution >= 0.6 is 0 Å². The molecule has 1 aromatic rings. The molecular weight excluding hydrogens is 300 g/mol. The van der Waals surface area contributed by atoms with Crippen molar-refractivity contribution in [1.29, 1.82) is 0 Å². The number of carbonyl (C=O) groups excluding carboxylic acids is 1. The number of rotatable bonds is 8. The molecule has 1 amide bonds. The van der Waals surface area contributed by atoms with Gasteiger partial charge in [0.2, 0.25) is 0 Å². The van der Waals surface area contributed by atoms with Gasteiger partial charge in [-0.3, -0.25) is 4.79 Å². The summed E-state index contributed by atoms with van der Waals surface area (Å²) in [4.78, 5) is 13.5. The molecule has 4 heteroatoms. The topological polar surface area (TPSA) is 42.8 Å². The van der Waals surface area contributed by atoms with Crippen molar-refractivity contribution in [1.82, 2.24) is 5.32 Å². The van der Waals surface area contributed by atoms with Crippen LogP contribution in [0.5, 0.6) is 5.75 Å². The molecule has 1 aliphatic rings. The SMILES string of the molecule is C=CCOc1ccc(C[NH+](C)CC(=O)N[C@@H]2CCCC[C@@H]2C)cc1. The standard InChI is InChI=1S/C20H30N2O2/c1-4-13-24-18-11-9-17(10-12-18)14-22(3)15-20(23)21-19-8-6-5-7-16(19)2/h4,9-12,16,19H,1,5-8,13-15H2,2-3H3,(H,21,23)/p+1/t16-,19+/m0/s1. The highest BCUT2D eigenvalue weighted by atomic mass is 16.5. The third-order valence-corrected chi connectivity index (χ3v) is 4.72. The zero-order valence-corrected chi connectivity index (χ0v) is 15.0. The van der Waals surface area contributed by atoms with E-state index < -0.39 is 0 Å². The molecule has 1 aromatic carbocycles. The summed E-state index contributed by atoms with van der Waals surface area (Å²) in [5.74, 6) is 1.61.